The average molecular weight is 289 g/mol. The number of hydrogen-bond acceptors (Lipinski definition) is 4. The van der Waals surface area contributed by atoms with Crippen molar-refractivity contribution < 1.29 is 9.50 Å². The molecule has 21 heavy (non-hydrogen) atoms. The maximum absolute atomic E-state index is 13.8. The topological polar surface area (TPSA) is 78.0 Å². The Bertz CT molecular complexity index is 708. The number of aromatic hydroxyl groups is 1. The van der Waals surface area contributed by atoms with Crippen molar-refractivity contribution in [3.05, 3.63) is 46.3 Å². The van der Waals surface area contributed by atoms with Gasteiger partial charge in [0.1, 0.15) is 17.2 Å². The predicted molar refractivity (Wildman–Crippen MR) is 76.5 cm³/mol. The molecule has 1 fully saturated rings. The van der Waals surface area contributed by atoms with Gasteiger partial charge >= 0.3 is 0 Å². The summed E-state index contributed by atoms with van der Waals surface area (Å²) in [4.78, 5) is 18.9. The highest BCUT2D eigenvalue weighted by Gasteiger charge is 2.21. The molecule has 110 valence electrons. The van der Waals surface area contributed by atoms with Crippen LogP contribution in [0.2, 0.25) is 0 Å². The molecular formula is C15H16FN3O2. The van der Waals surface area contributed by atoms with Crippen LogP contribution in [-0.2, 0) is 0 Å². The summed E-state index contributed by atoms with van der Waals surface area (Å²) < 4.78 is 13.8. The lowest BCUT2D eigenvalue weighted by Crippen LogP contribution is -2.30. The van der Waals surface area contributed by atoms with Crippen LogP contribution < -0.4 is 10.9 Å². The van der Waals surface area contributed by atoms with Gasteiger partial charge in [-0.1, -0.05) is 24.6 Å². The molecule has 1 aliphatic heterocycles. The van der Waals surface area contributed by atoms with Crippen LogP contribution in [-0.4, -0.2) is 21.6 Å². The van der Waals surface area contributed by atoms with Gasteiger partial charge in [-0.25, -0.2) is 4.39 Å². The molecule has 2 heterocycles. The van der Waals surface area contributed by atoms with Crippen molar-refractivity contribution >= 4 is 0 Å². The van der Waals surface area contributed by atoms with Crippen LogP contribution in [0.3, 0.4) is 0 Å². The average Bonchev–Trinajstić information content (AvgIpc) is 2.49. The molecule has 3 N–H and O–H groups in total. The van der Waals surface area contributed by atoms with Crippen LogP contribution in [0.15, 0.2) is 29.1 Å². The number of nitrogens with one attached hydrogen (secondary N) is 2. The first-order valence-corrected chi connectivity index (χ1v) is 6.98. The van der Waals surface area contributed by atoms with Crippen molar-refractivity contribution in [1.82, 2.24) is 15.3 Å². The lowest BCUT2D eigenvalue weighted by Gasteiger charge is -2.22. The fourth-order valence-electron chi connectivity index (χ4n) is 2.64. The first-order valence-electron chi connectivity index (χ1n) is 6.98. The Hall–Kier alpha value is -2.21. The van der Waals surface area contributed by atoms with Gasteiger partial charge < -0.3 is 15.4 Å². The molecule has 6 heteroatoms. The van der Waals surface area contributed by atoms with E-state index in [1.807, 2.05) is 0 Å². The van der Waals surface area contributed by atoms with Gasteiger partial charge in [-0.3, -0.25) is 4.79 Å². The minimum atomic E-state index is -0.566. The van der Waals surface area contributed by atoms with Gasteiger partial charge in [0.05, 0.1) is 6.04 Å². The summed E-state index contributed by atoms with van der Waals surface area (Å²) >= 11 is 0. The van der Waals surface area contributed by atoms with Crippen LogP contribution in [0.4, 0.5) is 4.39 Å². The Balaban J connectivity index is 2.05. The summed E-state index contributed by atoms with van der Waals surface area (Å²) in [6.45, 7) is 0.851. The molecule has 1 atom stereocenters. The zero-order valence-corrected chi connectivity index (χ0v) is 11.4. The Kier molecular flexibility index (Phi) is 3.70. The van der Waals surface area contributed by atoms with E-state index in [-0.39, 0.29) is 17.2 Å². The van der Waals surface area contributed by atoms with Crippen LogP contribution in [0.25, 0.3) is 11.1 Å². The van der Waals surface area contributed by atoms with E-state index < -0.39 is 17.3 Å². The largest absolute Gasteiger partial charge is 0.493 e. The van der Waals surface area contributed by atoms with Crippen molar-refractivity contribution in [2.75, 3.05) is 6.54 Å². The van der Waals surface area contributed by atoms with Crippen molar-refractivity contribution in [3.8, 4) is 17.0 Å². The molecule has 1 aromatic carbocycles. The Morgan fingerprint density at radius 3 is 2.76 bits per heavy atom. The molecule has 0 saturated carbocycles. The van der Waals surface area contributed by atoms with Gasteiger partial charge in [0.15, 0.2) is 0 Å². The fraction of sp³-hybridized carbons (Fsp3) is 0.333. The normalized spacial score (nSPS) is 18.6. The molecule has 0 radical (unpaired) electrons. The molecule has 3 rings (SSSR count). The molecule has 0 bridgehead atoms. The molecule has 0 aliphatic carbocycles. The summed E-state index contributed by atoms with van der Waals surface area (Å²) in [5.41, 5.74) is -0.616. The van der Waals surface area contributed by atoms with Gasteiger partial charge in [-0.15, -0.1) is 0 Å². The molecule has 5 nitrogen and oxygen atoms in total. The van der Waals surface area contributed by atoms with Crippen LogP contribution in [0.1, 0.15) is 31.1 Å². The molecule has 1 saturated heterocycles. The van der Waals surface area contributed by atoms with E-state index in [1.165, 1.54) is 18.2 Å². The summed E-state index contributed by atoms with van der Waals surface area (Å²) in [6.07, 6.45) is 2.97. The van der Waals surface area contributed by atoms with E-state index in [2.05, 4.69) is 15.3 Å². The quantitative estimate of drug-likeness (QED) is 0.791. The highest BCUT2D eigenvalue weighted by molar-refractivity contribution is 5.67. The van der Waals surface area contributed by atoms with Gasteiger partial charge in [-0.05, 0) is 25.5 Å². The zero-order chi connectivity index (χ0) is 14.8. The van der Waals surface area contributed by atoms with Gasteiger partial charge in [-0.2, -0.15) is 4.98 Å². The van der Waals surface area contributed by atoms with Gasteiger partial charge in [0.25, 0.3) is 5.56 Å². The number of benzene rings is 1. The van der Waals surface area contributed by atoms with Crippen molar-refractivity contribution in [3.63, 3.8) is 0 Å². The maximum Gasteiger partial charge on any atom is 0.262 e. The third kappa shape index (κ3) is 2.67. The summed E-state index contributed by atoms with van der Waals surface area (Å²) in [6, 6.07) is 5.74. The summed E-state index contributed by atoms with van der Waals surface area (Å²) in [5.74, 6) is -0.604. The molecule has 0 spiro atoms. The van der Waals surface area contributed by atoms with Crippen molar-refractivity contribution in [1.29, 1.82) is 0 Å². The highest BCUT2D eigenvalue weighted by Crippen LogP contribution is 2.27. The SMILES string of the molecule is O=c1[nH]c(C2CCCCN2)nc(O)c1-c1ccccc1F. The third-order valence-electron chi connectivity index (χ3n) is 3.70. The molecule has 2 aromatic rings. The monoisotopic (exact) mass is 289 g/mol. The number of aromatic amines is 1. The van der Waals surface area contributed by atoms with Crippen molar-refractivity contribution in [2.45, 2.75) is 25.3 Å². The smallest absolute Gasteiger partial charge is 0.262 e. The third-order valence-corrected chi connectivity index (χ3v) is 3.70. The summed E-state index contributed by atoms with van der Waals surface area (Å²) in [5, 5.41) is 13.3. The molecule has 1 aromatic heterocycles. The summed E-state index contributed by atoms with van der Waals surface area (Å²) in [7, 11) is 0. The van der Waals surface area contributed by atoms with E-state index in [4.69, 9.17) is 0 Å². The lowest BCUT2D eigenvalue weighted by atomic mass is 10.0. The Morgan fingerprint density at radius 1 is 1.29 bits per heavy atom. The predicted octanol–water partition coefficient (Wildman–Crippen LogP) is 2.10. The zero-order valence-electron chi connectivity index (χ0n) is 11.4. The van der Waals surface area contributed by atoms with E-state index >= 15 is 0 Å². The second-order valence-corrected chi connectivity index (χ2v) is 5.13. The Labute approximate surface area is 120 Å². The standard InChI is InChI=1S/C15H16FN3O2/c16-10-6-2-1-5-9(10)12-14(20)18-13(19-15(12)21)11-7-3-4-8-17-11/h1-2,5-6,11,17H,3-4,7-8H2,(H2,18,19,20,21). The molecular weight excluding hydrogens is 273 g/mol. The Morgan fingerprint density at radius 2 is 2.10 bits per heavy atom. The highest BCUT2D eigenvalue weighted by atomic mass is 19.1. The second kappa shape index (κ2) is 5.65. The maximum atomic E-state index is 13.8. The second-order valence-electron chi connectivity index (χ2n) is 5.13. The van der Waals surface area contributed by atoms with E-state index in [0.29, 0.717) is 5.82 Å². The number of nitrogens with zero attached hydrogens (tertiary/aromatic N) is 1. The number of rotatable bonds is 2. The number of halogens is 1. The molecule has 1 aliphatic rings. The minimum absolute atomic E-state index is 0.0481. The fourth-order valence-corrected chi connectivity index (χ4v) is 2.64. The first-order chi connectivity index (χ1) is 10.2. The lowest BCUT2D eigenvalue weighted by molar-refractivity contribution is 0.385. The first kappa shape index (κ1) is 13.8. The number of H-pyrrole nitrogens is 1. The number of piperidine rings is 1. The van der Waals surface area contributed by atoms with Crippen LogP contribution in [0, 0.1) is 5.82 Å². The minimum Gasteiger partial charge on any atom is -0.493 e. The molecule has 1 unspecified atom stereocenters. The van der Waals surface area contributed by atoms with E-state index in [0.717, 1.165) is 25.8 Å². The van der Waals surface area contributed by atoms with E-state index in [1.54, 1.807) is 6.07 Å². The van der Waals surface area contributed by atoms with Crippen LogP contribution >= 0.6 is 0 Å². The van der Waals surface area contributed by atoms with E-state index in [9.17, 15) is 14.3 Å². The number of aromatic nitrogens is 2. The van der Waals surface area contributed by atoms with Gasteiger partial charge in [0.2, 0.25) is 5.88 Å². The number of hydrogen-bond donors (Lipinski definition) is 3. The van der Waals surface area contributed by atoms with Crippen molar-refractivity contribution in [2.24, 2.45) is 0 Å². The van der Waals surface area contributed by atoms with Gasteiger partial charge in [0, 0.05) is 5.56 Å². The molecule has 0 amide bonds. The van der Waals surface area contributed by atoms with Crippen LogP contribution in [0.5, 0.6) is 5.88 Å².